The van der Waals surface area contributed by atoms with Crippen molar-refractivity contribution in [2.75, 3.05) is 14.2 Å². The van der Waals surface area contributed by atoms with Crippen molar-refractivity contribution in [3.8, 4) is 5.75 Å². The Hall–Kier alpha value is -1.27. The second-order valence-electron chi connectivity index (χ2n) is 2.92. The summed E-state index contributed by atoms with van der Waals surface area (Å²) < 4.78 is 49.2. The van der Waals surface area contributed by atoms with E-state index in [0.29, 0.717) is 5.56 Å². The Morgan fingerprint density at radius 1 is 1.00 bits per heavy atom. The van der Waals surface area contributed by atoms with Crippen LogP contribution in [-0.4, -0.2) is 20.6 Å². The topological polar surface area (TPSA) is 27.7 Å². The standard InChI is InChI=1S/C10H11F3O3/c1-14-9(15-2)7-3-5-8(6-4-7)16-10(11,12)13/h3-6,9H,1-2H3. The summed E-state index contributed by atoms with van der Waals surface area (Å²) in [7, 11) is 2.88. The van der Waals surface area contributed by atoms with E-state index in [0.717, 1.165) is 0 Å². The molecule has 0 radical (unpaired) electrons. The van der Waals surface area contributed by atoms with Crippen molar-refractivity contribution in [3.05, 3.63) is 29.8 Å². The molecule has 1 rings (SSSR count). The van der Waals surface area contributed by atoms with Gasteiger partial charge in [-0.15, -0.1) is 13.2 Å². The molecule has 0 N–H and O–H groups in total. The summed E-state index contributed by atoms with van der Waals surface area (Å²) in [6.07, 6.45) is -5.27. The summed E-state index contributed by atoms with van der Waals surface area (Å²) in [6, 6.07) is 5.29. The van der Waals surface area contributed by atoms with E-state index in [1.54, 1.807) is 0 Å². The average Bonchev–Trinajstić information content (AvgIpc) is 2.20. The largest absolute Gasteiger partial charge is 0.573 e. The highest BCUT2D eigenvalue weighted by Gasteiger charge is 2.31. The van der Waals surface area contributed by atoms with Gasteiger partial charge in [-0.1, -0.05) is 12.1 Å². The van der Waals surface area contributed by atoms with E-state index in [4.69, 9.17) is 9.47 Å². The van der Waals surface area contributed by atoms with E-state index in [-0.39, 0.29) is 5.75 Å². The summed E-state index contributed by atoms with van der Waals surface area (Å²) >= 11 is 0. The maximum Gasteiger partial charge on any atom is 0.573 e. The van der Waals surface area contributed by atoms with Crippen LogP contribution in [0.4, 0.5) is 13.2 Å². The molecular weight excluding hydrogens is 225 g/mol. The van der Waals surface area contributed by atoms with Gasteiger partial charge in [0.05, 0.1) is 0 Å². The van der Waals surface area contributed by atoms with Gasteiger partial charge in [0.15, 0.2) is 6.29 Å². The molecule has 0 heterocycles. The predicted octanol–water partition coefficient (Wildman–Crippen LogP) is 2.88. The van der Waals surface area contributed by atoms with Gasteiger partial charge in [0.2, 0.25) is 0 Å². The van der Waals surface area contributed by atoms with Gasteiger partial charge >= 0.3 is 6.36 Å². The van der Waals surface area contributed by atoms with Crippen LogP contribution in [0.3, 0.4) is 0 Å². The van der Waals surface area contributed by atoms with Crippen molar-refractivity contribution in [1.82, 2.24) is 0 Å². The zero-order valence-electron chi connectivity index (χ0n) is 8.75. The van der Waals surface area contributed by atoms with E-state index in [1.807, 2.05) is 0 Å². The van der Waals surface area contributed by atoms with Crippen LogP contribution in [0.1, 0.15) is 11.9 Å². The van der Waals surface area contributed by atoms with Crippen LogP contribution in [0.15, 0.2) is 24.3 Å². The fourth-order valence-electron chi connectivity index (χ4n) is 1.20. The summed E-state index contributed by atoms with van der Waals surface area (Å²) in [4.78, 5) is 0. The van der Waals surface area contributed by atoms with Crippen LogP contribution in [0.25, 0.3) is 0 Å². The van der Waals surface area contributed by atoms with Gasteiger partial charge in [-0.05, 0) is 12.1 Å². The Morgan fingerprint density at radius 3 is 1.88 bits per heavy atom. The molecule has 0 bridgehead atoms. The first-order chi connectivity index (χ1) is 7.46. The lowest BCUT2D eigenvalue weighted by Gasteiger charge is -2.14. The molecule has 16 heavy (non-hydrogen) atoms. The molecule has 90 valence electrons. The maximum atomic E-state index is 11.9. The summed E-state index contributed by atoms with van der Waals surface area (Å²) in [5.41, 5.74) is 0.611. The van der Waals surface area contributed by atoms with Crippen LogP contribution in [0.5, 0.6) is 5.75 Å². The molecule has 3 nitrogen and oxygen atoms in total. The average molecular weight is 236 g/mol. The Labute approximate surface area is 90.7 Å². The first-order valence-corrected chi connectivity index (χ1v) is 4.37. The number of rotatable bonds is 4. The van der Waals surface area contributed by atoms with Gasteiger partial charge in [-0.3, -0.25) is 0 Å². The van der Waals surface area contributed by atoms with Gasteiger partial charge in [0, 0.05) is 19.8 Å². The molecule has 0 aliphatic carbocycles. The fraction of sp³-hybridized carbons (Fsp3) is 0.400. The van der Waals surface area contributed by atoms with E-state index >= 15 is 0 Å². The molecule has 0 aliphatic rings. The normalized spacial score (nSPS) is 11.9. The number of halogens is 3. The van der Waals surface area contributed by atoms with Crippen LogP contribution in [0.2, 0.25) is 0 Å². The van der Waals surface area contributed by atoms with Gasteiger partial charge in [0.1, 0.15) is 5.75 Å². The molecule has 0 spiro atoms. The lowest BCUT2D eigenvalue weighted by Crippen LogP contribution is -2.17. The fourth-order valence-corrected chi connectivity index (χ4v) is 1.20. The maximum absolute atomic E-state index is 11.9. The van der Waals surface area contributed by atoms with Crippen LogP contribution >= 0.6 is 0 Å². The molecule has 0 atom stereocenters. The molecule has 0 unspecified atom stereocenters. The smallest absolute Gasteiger partial charge is 0.406 e. The Kier molecular flexibility index (Phi) is 4.14. The van der Waals surface area contributed by atoms with Gasteiger partial charge in [0.25, 0.3) is 0 Å². The molecule has 0 amide bonds. The third-order valence-electron chi connectivity index (χ3n) is 1.81. The van der Waals surface area contributed by atoms with Crippen molar-refractivity contribution in [2.24, 2.45) is 0 Å². The molecule has 1 aromatic carbocycles. The van der Waals surface area contributed by atoms with Crippen LogP contribution in [-0.2, 0) is 9.47 Å². The van der Waals surface area contributed by atoms with Crippen molar-refractivity contribution in [1.29, 1.82) is 0 Å². The second kappa shape index (κ2) is 5.18. The molecule has 0 aromatic heterocycles. The zero-order valence-corrected chi connectivity index (χ0v) is 8.75. The summed E-state index contributed by atoms with van der Waals surface area (Å²) in [5.74, 6) is -0.276. The molecule has 6 heteroatoms. The highest BCUT2D eigenvalue weighted by atomic mass is 19.4. The molecule has 0 aliphatic heterocycles. The van der Waals surface area contributed by atoms with Crippen molar-refractivity contribution < 1.29 is 27.4 Å². The lowest BCUT2D eigenvalue weighted by molar-refractivity contribution is -0.274. The number of alkyl halides is 3. The van der Waals surface area contributed by atoms with E-state index in [1.165, 1.54) is 38.5 Å². The first kappa shape index (κ1) is 12.8. The van der Waals surface area contributed by atoms with Gasteiger partial charge in [-0.25, -0.2) is 0 Å². The number of benzene rings is 1. The Bertz CT molecular complexity index is 317. The van der Waals surface area contributed by atoms with Crippen molar-refractivity contribution >= 4 is 0 Å². The number of hydrogen-bond donors (Lipinski definition) is 0. The number of ether oxygens (including phenoxy) is 3. The van der Waals surface area contributed by atoms with Crippen LogP contribution in [0, 0.1) is 0 Å². The highest BCUT2D eigenvalue weighted by Crippen LogP contribution is 2.25. The number of methoxy groups -OCH3 is 2. The minimum absolute atomic E-state index is 0.276. The minimum atomic E-state index is -4.68. The van der Waals surface area contributed by atoms with E-state index in [9.17, 15) is 13.2 Å². The molecule has 0 saturated heterocycles. The lowest BCUT2D eigenvalue weighted by atomic mass is 10.2. The SMILES string of the molecule is COC(OC)c1ccc(OC(F)(F)F)cc1. The molecular formula is C10H11F3O3. The molecule has 1 aromatic rings. The first-order valence-electron chi connectivity index (χ1n) is 4.37. The quantitative estimate of drug-likeness (QED) is 0.752. The highest BCUT2D eigenvalue weighted by molar-refractivity contribution is 5.28. The Balaban J connectivity index is 2.75. The minimum Gasteiger partial charge on any atom is -0.406 e. The van der Waals surface area contributed by atoms with E-state index < -0.39 is 12.7 Å². The Morgan fingerprint density at radius 2 is 1.50 bits per heavy atom. The van der Waals surface area contributed by atoms with E-state index in [2.05, 4.69) is 4.74 Å². The monoisotopic (exact) mass is 236 g/mol. The van der Waals surface area contributed by atoms with Crippen molar-refractivity contribution in [3.63, 3.8) is 0 Å². The van der Waals surface area contributed by atoms with Crippen LogP contribution < -0.4 is 4.74 Å². The summed E-state index contributed by atoms with van der Waals surface area (Å²) in [6.45, 7) is 0. The number of hydrogen-bond acceptors (Lipinski definition) is 3. The second-order valence-corrected chi connectivity index (χ2v) is 2.92. The van der Waals surface area contributed by atoms with Gasteiger partial charge in [-0.2, -0.15) is 0 Å². The molecule has 0 fully saturated rings. The third-order valence-corrected chi connectivity index (χ3v) is 1.81. The zero-order chi connectivity index (χ0) is 12.2. The van der Waals surface area contributed by atoms with Crippen molar-refractivity contribution in [2.45, 2.75) is 12.7 Å². The summed E-state index contributed by atoms with van der Waals surface area (Å²) in [5, 5.41) is 0. The van der Waals surface area contributed by atoms with Gasteiger partial charge < -0.3 is 14.2 Å². The molecule has 0 saturated carbocycles. The third kappa shape index (κ3) is 3.71. The predicted molar refractivity (Wildman–Crippen MR) is 49.9 cm³/mol.